The van der Waals surface area contributed by atoms with Crippen LogP contribution < -0.4 is 18.9 Å². The first-order valence-electron chi connectivity index (χ1n) is 8.55. The Morgan fingerprint density at radius 3 is 2.61 bits per heavy atom. The van der Waals surface area contributed by atoms with Crippen LogP contribution in [0.1, 0.15) is 5.56 Å². The van der Waals surface area contributed by atoms with Crippen molar-refractivity contribution < 1.29 is 28.7 Å². The number of hydrogen-bond acceptors (Lipinski definition) is 7. The molecule has 0 N–H and O–H groups in total. The summed E-state index contributed by atoms with van der Waals surface area (Å²) in [5.41, 5.74) is 0.737. The van der Waals surface area contributed by atoms with E-state index in [0.717, 1.165) is 5.56 Å². The smallest absolute Gasteiger partial charge is 0.273 e. The van der Waals surface area contributed by atoms with Crippen LogP contribution in [0.5, 0.6) is 23.0 Å². The Balaban J connectivity index is 1.62. The number of nitro benzene ring substituents is 1. The van der Waals surface area contributed by atoms with E-state index in [1.165, 1.54) is 30.2 Å². The van der Waals surface area contributed by atoms with Crippen LogP contribution in [0.15, 0.2) is 36.4 Å². The van der Waals surface area contributed by atoms with E-state index in [-0.39, 0.29) is 24.0 Å². The third-order valence-electron chi connectivity index (χ3n) is 4.16. The maximum atomic E-state index is 12.4. The molecule has 1 aliphatic heterocycles. The minimum Gasteiger partial charge on any atom is -0.493 e. The van der Waals surface area contributed by atoms with Crippen LogP contribution >= 0.6 is 0 Å². The number of amides is 1. The van der Waals surface area contributed by atoms with Crippen molar-refractivity contribution in [3.8, 4) is 23.0 Å². The van der Waals surface area contributed by atoms with Crippen LogP contribution in [-0.4, -0.2) is 49.7 Å². The third-order valence-corrected chi connectivity index (χ3v) is 4.16. The quantitative estimate of drug-likeness (QED) is 0.530. The van der Waals surface area contributed by atoms with Crippen molar-refractivity contribution in [1.82, 2.24) is 4.90 Å². The van der Waals surface area contributed by atoms with Gasteiger partial charge in [-0.25, -0.2) is 0 Å². The summed E-state index contributed by atoms with van der Waals surface area (Å²) in [6.07, 6.45) is 0. The number of nitrogens with zero attached hydrogens (tertiary/aromatic N) is 2. The van der Waals surface area contributed by atoms with Crippen molar-refractivity contribution in [1.29, 1.82) is 0 Å². The van der Waals surface area contributed by atoms with Gasteiger partial charge in [0, 0.05) is 19.7 Å². The van der Waals surface area contributed by atoms with Gasteiger partial charge in [0.15, 0.2) is 29.6 Å². The number of likely N-dealkylation sites (N-methyl/N-ethyl adjacent to an activating group) is 1. The number of fused-ring (bicyclic) bond motifs is 1. The van der Waals surface area contributed by atoms with Crippen molar-refractivity contribution in [3.63, 3.8) is 0 Å². The van der Waals surface area contributed by atoms with Crippen LogP contribution in [0.4, 0.5) is 5.69 Å². The van der Waals surface area contributed by atoms with Crippen molar-refractivity contribution >= 4 is 11.6 Å². The van der Waals surface area contributed by atoms with Crippen LogP contribution in [-0.2, 0) is 11.3 Å². The zero-order valence-corrected chi connectivity index (χ0v) is 15.5. The number of nitro groups is 1. The summed E-state index contributed by atoms with van der Waals surface area (Å²) in [6.45, 7) is 1.08. The lowest BCUT2D eigenvalue weighted by Gasteiger charge is -2.21. The zero-order valence-electron chi connectivity index (χ0n) is 15.5. The molecule has 0 bridgehead atoms. The molecule has 1 heterocycles. The first-order valence-corrected chi connectivity index (χ1v) is 8.55. The number of methoxy groups -OCH3 is 1. The van der Waals surface area contributed by atoms with Gasteiger partial charge < -0.3 is 23.8 Å². The molecule has 1 amide bonds. The summed E-state index contributed by atoms with van der Waals surface area (Å²) in [5.74, 6) is 1.50. The van der Waals surface area contributed by atoms with Gasteiger partial charge in [0.25, 0.3) is 11.6 Å². The number of non-ortho nitro benzene ring substituents is 1. The van der Waals surface area contributed by atoms with E-state index >= 15 is 0 Å². The molecule has 28 heavy (non-hydrogen) atoms. The Morgan fingerprint density at radius 1 is 1.14 bits per heavy atom. The van der Waals surface area contributed by atoms with E-state index in [4.69, 9.17) is 18.9 Å². The minimum atomic E-state index is -0.540. The van der Waals surface area contributed by atoms with Crippen LogP contribution in [0.3, 0.4) is 0 Å². The highest BCUT2D eigenvalue weighted by Crippen LogP contribution is 2.32. The Kier molecular flexibility index (Phi) is 5.83. The summed E-state index contributed by atoms with van der Waals surface area (Å²) in [6, 6.07) is 9.47. The molecule has 0 aliphatic carbocycles. The molecule has 2 aromatic rings. The molecule has 0 unspecified atom stereocenters. The number of ether oxygens (including phenoxy) is 4. The van der Waals surface area contributed by atoms with Crippen molar-refractivity contribution in [3.05, 3.63) is 52.1 Å². The van der Waals surface area contributed by atoms with Gasteiger partial charge in [-0.2, -0.15) is 0 Å². The van der Waals surface area contributed by atoms with E-state index in [9.17, 15) is 14.9 Å². The normalized spacial score (nSPS) is 12.2. The number of carbonyl (C=O) groups excluding carboxylic acids is 1. The molecule has 0 saturated heterocycles. The second kappa shape index (κ2) is 8.47. The summed E-state index contributed by atoms with van der Waals surface area (Å²) >= 11 is 0. The van der Waals surface area contributed by atoms with Gasteiger partial charge in [-0.05, 0) is 23.8 Å². The van der Waals surface area contributed by atoms with Gasteiger partial charge in [-0.3, -0.25) is 14.9 Å². The molecule has 2 aromatic carbocycles. The Labute approximate surface area is 161 Å². The molecule has 3 rings (SSSR count). The fraction of sp³-hybridized carbons (Fsp3) is 0.316. The highest BCUT2D eigenvalue weighted by molar-refractivity contribution is 5.77. The summed E-state index contributed by atoms with van der Waals surface area (Å²) < 4.78 is 21.6. The molecular weight excluding hydrogens is 368 g/mol. The van der Waals surface area contributed by atoms with Crippen LogP contribution in [0, 0.1) is 10.1 Å². The molecule has 0 spiro atoms. The molecule has 9 heteroatoms. The number of hydrogen-bond donors (Lipinski definition) is 0. The molecule has 0 saturated carbocycles. The number of benzene rings is 2. The second-order valence-electron chi connectivity index (χ2n) is 6.11. The lowest BCUT2D eigenvalue weighted by Crippen LogP contribution is -2.31. The minimum absolute atomic E-state index is 0.137. The monoisotopic (exact) mass is 388 g/mol. The van der Waals surface area contributed by atoms with E-state index in [1.54, 1.807) is 7.05 Å². The lowest BCUT2D eigenvalue weighted by atomic mass is 10.2. The lowest BCUT2D eigenvalue weighted by molar-refractivity contribution is -0.385. The second-order valence-corrected chi connectivity index (χ2v) is 6.11. The van der Waals surface area contributed by atoms with Crippen molar-refractivity contribution in [2.75, 3.05) is 34.0 Å². The van der Waals surface area contributed by atoms with Crippen molar-refractivity contribution in [2.24, 2.45) is 0 Å². The Bertz CT molecular complexity index is 885. The van der Waals surface area contributed by atoms with Crippen LogP contribution in [0.25, 0.3) is 0 Å². The number of carbonyl (C=O) groups is 1. The van der Waals surface area contributed by atoms with Gasteiger partial charge in [-0.15, -0.1) is 0 Å². The summed E-state index contributed by atoms with van der Waals surface area (Å²) in [4.78, 5) is 24.3. The molecular formula is C19H20N2O7. The highest BCUT2D eigenvalue weighted by atomic mass is 16.6. The van der Waals surface area contributed by atoms with Crippen LogP contribution in [0.2, 0.25) is 0 Å². The predicted octanol–water partition coefficient (Wildman–Crippen LogP) is 2.41. The highest BCUT2D eigenvalue weighted by Gasteiger charge is 2.17. The third kappa shape index (κ3) is 4.43. The predicted molar refractivity (Wildman–Crippen MR) is 99.0 cm³/mol. The van der Waals surface area contributed by atoms with Gasteiger partial charge >= 0.3 is 0 Å². The summed E-state index contributed by atoms with van der Waals surface area (Å²) in [7, 11) is 3.07. The topological polar surface area (TPSA) is 100 Å². The molecule has 0 fully saturated rings. The average molecular weight is 388 g/mol. The van der Waals surface area contributed by atoms with Gasteiger partial charge in [0.05, 0.1) is 18.1 Å². The molecule has 1 aliphatic rings. The van der Waals surface area contributed by atoms with E-state index < -0.39 is 4.92 Å². The molecule has 148 valence electrons. The number of rotatable bonds is 7. The van der Waals surface area contributed by atoms with E-state index in [1.807, 2.05) is 18.2 Å². The van der Waals surface area contributed by atoms with E-state index in [2.05, 4.69) is 0 Å². The van der Waals surface area contributed by atoms with Gasteiger partial charge in [-0.1, -0.05) is 6.07 Å². The molecule has 0 radical (unpaired) electrons. The SMILES string of the molecule is COc1ccc([N+](=O)[O-])cc1OCC(=O)N(C)Cc1ccc2c(c1)OCCO2. The fourth-order valence-corrected chi connectivity index (χ4v) is 2.69. The van der Waals surface area contributed by atoms with Gasteiger partial charge in [0.1, 0.15) is 13.2 Å². The van der Waals surface area contributed by atoms with Gasteiger partial charge in [0.2, 0.25) is 0 Å². The van der Waals surface area contributed by atoms with Crippen molar-refractivity contribution in [2.45, 2.75) is 6.54 Å². The first-order chi connectivity index (χ1) is 13.5. The first kappa shape index (κ1) is 19.3. The van der Waals surface area contributed by atoms with E-state index in [0.29, 0.717) is 37.0 Å². The molecule has 9 nitrogen and oxygen atoms in total. The fourth-order valence-electron chi connectivity index (χ4n) is 2.69. The zero-order chi connectivity index (χ0) is 20.1. The average Bonchev–Trinajstić information content (AvgIpc) is 2.71. The largest absolute Gasteiger partial charge is 0.493 e. The maximum Gasteiger partial charge on any atom is 0.273 e. The molecule has 0 atom stereocenters. The Morgan fingerprint density at radius 2 is 1.89 bits per heavy atom. The summed E-state index contributed by atoms with van der Waals surface area (Å²) in [5, 5.41) is 10.9. The standard InChI is InChI=1S/C19H20N2O7/c1-20(11-13-3-5-16-17(9-13)27-8-7-26-16)19(22)12-28-18-10-14(21(23)24)4-6-15(18)25-2/h3-6,9-10H,7-8,11-12H2,1-2H3. The molecule has 0 aromatic heterocycles. The Hall–Kier alpha value is -3.49. The maximum absolute atomic E-state index is 12.4.